The molecule has 0 aliphatic heterocycles. The van der Waals surface area contributed by atoms with Crippen LogP contribution >= 0.6 is 0 Å². The molecule has 0 amide bonds. The minimum absolute atomic E-state index is 0.336. The van der Waals surface area contributed by atoms with Gasteiger partial charge in [-0.15, -0.1) is 0 Å². The summed E-state index contributed by atoms with van der Waals surface area (Å²) >= 11 is 0. The normalized spacial score (nSPS) is 10.8. The molecule has 0 unspecified atom stereocenters. The maximum absolute atomic E-state index is 12.0. The van der Waals surface area contributed by atoms with Gasteiger partial charge in [-0.05, 0) is 19.4 Å². The van der Waals surface area contributed by atoms with Crippen LogP contribution < -0.4 is 0 Å². The second kappa shape index (κ2) is 6.60. The summed E-state index contributed by atoms with van der Waals surface area (Å²) in [5.41, 5.74) is 2.74. The summed E-state index contributed by atoms with van der Waals surface area (Å²) in [6, 6.07) is 5.26. The Hall–Kier alpha value is -2.28. The highest BCUT2D eigenvalue weighted by Crippen LogP contribution is 2.25. The van der Waals surface area contributed by atoms with Gasteiger partial charge in [0.05, 0.1) is 18.8 Å². The molecule has 0 aliphatic carbocycles. The van der Waals surface area contributed by atoms with Gasteiger partial charge in [-0.1, -0.05) is 23.8 Å². The molecule has 0 aliphatic rings. The highest BCUT2D eigenvalue weighted by Gasteiger charge is 2.16. The number of esters is 1. The van der Waals surface area contributed by atoms with Gasteiger partial charge in [0, 0.05) is 20.3 Å². The summed E-state index contributed by atoms with van der Waals surface area (Å²) in [5.74, 6) is -0.352. The zero-order valence-corrected chi connectivity index (χ0v) is 11.7. The molecule has 4 nitrogen and oxygen atoms in total. The van der Waals surface area contributed by atoms with Crippen molar-refractivity contribution in [3.63, 3.8) is 0 Å². The number of ether oxygens (including phenoxy) is 1. The van der Waals surface area contributed by atoms with Gasteiger partial charge in [0.2, 0.25) is 0 Å². The van der Waals surface area contributed by atoms with E-state index in [1.807, 2.05) is 21.0 Å². The van der Waals surface area contributed by atoms with E-state index in [1.165, 1.54) is 0 Å². The predicted molar refractivity (Wildman–Crippen MR) is 75.7 cm³/mol. The lowest BCUT2D eigenvalue weighted by atomic mass is 10.0. The standard InChI is InChI=1S/C15H18N2O2/c1-6-19-15(18)14(10-17(4)5)13-8-7-12(16-3)9-11(13)2/h7-10H,6H2,1-2,4-5H3/b14-10+. The van der Waals surface area contributed by atoms with E-state index in [-0.39, 0.29) is 5.97 Å². The Bertz CT molecular complexity index is 540. The fraction of sp³-hybridized carbons (Fsp3) is 0.333. The van der Waals surface area contributed by atoms with Crippen LogP contribution in [0.4, 0.5) is 5.69 Å². The Kier molecular flexibility index (Phi) is 5.13. The number of carbonyl (C=O) groups excluding carboxylic acids is 1. The minimum atomic E-state index is -0.352. The van der Waals surface area contributed by atoms with Crippen molar-refractivity contribution in [2.24, 2.45) is 0 Å². The quantitative estimate of drug-likeness (QED) is 0.473. The van der Waals surface area contributed by atoms with Crippen molar-refractivity contribution in [2.75, 3.05) is 20.7 Å². The molecule has 0 saturated heterocycles. The molecule has 0 heterocycles. The maximum atomic E-state index is 12.0. The lowest BCUT2D eigenvalue weighted by molar-refractivity contribution is -0.136. The summed E-state index contributed by atoms with van der Waals surface area (Å²) in [6.07, 6.45) is 1.73. The van der Waals surface area contributed by atoms with Gasteiger partial charge in [-0.25, -0.2) is 9.64 Å². The van der Waals surface area contributed by atoms with Crippen LogP contribution in [0.3, 0.4) is 0 Å². The van der Waals surface area contributed by atoms with E-state index < -0.39 is 0 Å². The molecule has 4 heteroatoms. The van der Waals surface area contributed by atoms with Crippen LogP contribution in [0, 0.1) is 13.5 Å². The third-order valence-electron chi connectivity index (χ3n) is 2.51. The number of carbonyl (C=O) groups is 1. The van der Waals surface area contributed by atoms with Crippen molar-refractivity contribution >= 4 is 17.2 Å². The molecule has 0 fully saturated rings. The smallest absolute Gasteiger partial charge is 0.340 e. The number of hydrogen-bond donors (Lipinski definition) is 0. The molecule has 100 valence electrons. The molecular formula is C15H18N2O2. The molecule has 1 rings (SSSR count). The van der Waals surface area contributed by atoms with Crippen LogP contribution in [0.2, 0.25) is 0 Å². The van der Waals surface area contributed by atoms with Crippen molar-refractivity contribution < 1.29 is 9.53 Å². The fourth-order valence-corrected chi connectivity index (χ4v) is 1.72. The summed E-state index contributed by atoms with van der Waals surface area (Å²) in [7, 11) is 3.70. The number of nitrogens with zero attached hydrogens (tertiary/aromatic N) is 2. The average Bonchev–Trinajstić information content (AvgIpc) is 2.36. The van der Waals surface area contributed by atoms with E-state index in [9.17, 15) is 4.79 Å². The van der Waals surface area contributed by atoms with E-state index in [2.05, 4.69) is 4.85 Å². The largest absolute Gasteiger partial charge is 0.462 e. The molecule has 1 aromatic rings. The number of aryl methyl sites for hydroxylation is 1. The summed E-state index contributed by atoms with van der Waals surface area (Å²) < 4.78 is 5.08. The summed E-state index contributed by atoms with van der Waals surface area (Å²) in [5, 5.41) is 0. The summed E-state index contributed by atoms with van der Waals surface area (Å²) in [4.78, 5) is 17.2. The third kappa shape index (κ3) is 3.85. The number of hydrogen-bond acceptors (Lipinski definition) is 3. The van der Waals surface area contributed by atoms with Crippen LogP contribution in [0.15, 0.2) is 24.4 Å². The highest BCUT2D eigenvalue weighted by atomic mass is 16.5. The first-order valence-electron chi connectivity index (χ1n) is 6.03. The van der Waals surface area contributed by atoms with Crippen LogP contribution in [-0.2, 0) is 9.53 Å². The Labute approximate surface area is 114 Å². The molecule has 0 spiro atoms. The van der Waals surface area contributed by atoms with E-state index in [4.69, 9.17) is 11.3 Å². The van der Waals surface area contributed by atoms with Gasteiger partial charge < -0.3 is 9.64 Å². The first kappa shape index (κ1) is 14.8. The Morgan fingerprint density at radius 2 is 2.16 bits per heavy atom. The van der Waals surface area contributed by atoms with Crippen LogP contribution in [-0.4, -0.2) is 31.6 Å². The zero-order chi connectivity index (χ0) is 14.4. The topological polar surface area (TPSA) is 33.9 Å². The molecule has 0 bridgehead atoms. The maximum Gasteiger partial charge on any atom is 0.340 e. The van der Waals surface area contributed by atoms with E-state index in [0.29, 0.717) is 17.9 Å². The van der Waals surface area contributed by atoms with E-state index >= 15 is 0 Å². The van der Waals surface area contributed by atoms with E-state index in [0.717, 1.165) is 11.1 Å². The molecule has 0 radical (unpaired) electrons. The lowest BCUT2D eigenvalue weighted by Gasteiger charge is -2.13. The SMILES string of the molecule is [C-]#[N+]c1ccc(/C(=C\N(C)C)C(=O)OCC)c(C)c1. The number of benzene rings is 1. The second-order valence-corrected chi connectivity index (χ2v) is 4.34. The van der Waals surface area contributed by atoms with Gasteiger partial charge in [-0.3, -0.25) is 0 Å². The molecule has 0 N–H and O–H groups in total. The van der Waals surface area contributed by atoms with Gasteiger partial charge in [0.15, 0.2) is 5.69 Å². The molecule has 0 atom stereocenters. The second-order valence-electron chi connectivity index (χ2n) is 4.34. The van der Waals surface area contributed by atoms with E-state index in [1.54, 1.807) is 36.2 Å². The Morgan fingerprint density at radius 3 is 2.63 bits per heavy atom. The van der Waals surface area contributed by atoms with Gasteiger partial charge >= 0.3 is 5.97 Å². The van der Waals surface area contributed by atoms with Crippen LogP contribution in [0.25, 0.3) is 10.4 Å². The van der Waals surface area contributed by atoms with Crippen molar-refractivity contribution in [3.8, 4) is 0 Å². The molecule has 19 heavy (non-hydrogen) atoms. The van der Waals surface area contributed by atoms with Crippen molar-refractivity contribution in [1.82, 2.24) is 4.90 Å². The number of rotatable bonds is 4. The molecule has 0 saturated carbocycles. The van der Waals surface area contributed by atoms with Gasteiger partial charge in [-0.2, -0.15) is 0 Å². The minimum Gasteiger partial charge on any atom is -0.462 e. The molecule has 0 aromatic heterocycles. The molecular weight excluding hydrogens is 240 g/mol. The fourth-order valence-electron chi connectivity index (χ4n) is 1.72. The van der Waals surface area contributed by atoms with Crippen molar-refractivity contribution in [1.29, 1.82) is 0 Å². The molecule has 1 aromatic carbocycles. The predicted octanol–water partition coefficient (Wildman–Crippen LogP) is 3.01. The first-order valence-corrected chi connectivity index (χ1v) is 6.03. The Balaban J connectivity index is 3.27. The van der Waals surface area contributed by atoms with Crippen molar-refractivity contribution in [2.45, 2.75) is 13.8 Å². The monoisotopic (exact) mass is 258 g/mol. The third-order valence-corrected chi connectivity index (χ3v) is 2.51. The zero-order valence-electron chi connectivity index (χ0n) is 11.7. The van der Waals surface area contributed by atoms with Gasteiger partial charge in [0.1, 0.15) is 0 Å². The van der Waals surface area contributed by atoms with Crippen LogP contribution in [0.5, 0.6) is 0 Å². The first-order chi connectivity index (χ1) is 8.99. The van der Waals surface area contributed by atoms with Crippen LogP contribution in [0.1, 0.15) is 18.1 Å². The summed E-state index contributed by atoms with van der Waals surface area (Å²) in [6.45, 7) is 11.0. The van der Waals surface area contributed by atoms with Crippen molar-refractivity contribution in [3.05, 3.63) is 46.9 Å². The van der Waals surface area contributed by atoms with Gasteiger partial charge in [0.25, 0.3) is 0 Å². The lowest BCUT2D eigenvalue weighted by Crippen LogP contribution is -2.12. The Morgan fingerprint density at radius 1 is 1.47 bits per heavy atom. The highest BCUT2D eigenvalue weighted by molar-refractivity contribution is 6.16. The average molecular weight is 258 g/mol.